The number of alkyl halides is 6. The number of unbranched alkanes of at least 4 members (excludes halogenated alkanes) is 2. The Morgan fingerprint density at radius 1 is 0.944 bits per heavy atom. The van der Waals surface area contributed by atoms with Gasteiger partial charge in [0.1, 0.15) is 4.32 Å². The summed E-state index contributed by atoms with van der Waals surface area (Å²) in [5, 5.41) is 8.68. The number of hydrogen-bond donors (Lipinski definition) is 1. The number of carbonyl (C=O) groups is 2. The van der Waals surface area contributed by atoms with E-state index in [2.05, 4.69) is 0 Å². The standard InChI is InChI=1S/C24H19F6NO3S2/c25-23(26,27)17-11-16(12-18(13-17)24(28,29)30)15-6-4-5-14(9-15)10-19-21(34)31(22(35)36-19)8-3-1-2-7-20(32)33/h4-6,9-13H,1-3,7-8H2,(H,32,33)/b19-10-. The van der Waals surface area contributed by atoms with Gasteiger partial charge in [-0.2, -0.15) is 26.3 Å². The number of amides is 1. The van der Waals surface area contributed by atoms with Gasteiger partial charge in [0.2, 0.25) is 0 Å². The average Bonchev–Trinajstić information content (AvgIpc) is 3.04. The lowest BCUT2D eigenvalue weighted by Crippen LogP contribution is -2.29. The molecule has 36 heavy (non-hydrogen) atoms. The van der Waals surface area contributed by atoms with E-state index in [4.69, 9.17) is 17.3 Å². The van der Waals surface area contributed by atoms with E-state index >= 15 is 0 Å². The fourth-order valence-corrected chi connectivity index (χ4v) is 4.81. The van der Waals surface area contributed by atoms with E-state index in [1.54, 1.807) is 6.07 Å². The first-order valence-electron chi connectivity index (χ1n) is 10.6. The number of thioether (sulfide) groups is 1. The minimum Gasteiger partial charge on any atom is -0.481 e. The van der Waals surface area contributed by atoms with E-state index in [1.165, 1.54) is 29.2 Å². The van der Waals surface area contributed by atoms with Crippen LogP contribution in [0, 0.1) is 0 Å². The first-order valence-corrected chi connectivity index (χ1v) is 11.9. The molecule has 1 amide bonds. The van der Waals surface area contributed by atoms with Gasteiger partial charge in [-0.1, -0.05) is 48.6 Å². The summed E-state index contributed by atoms with van der Waals surface area (Å²) in [5.41, 5.74) is -2.57. The van der Waals surface area contributed by atoms with Gasteiger partial charge in [-0.15, -0.1) is 0 Å². The maximum absolute atomic E-state index is 13.2. The molecule has 1 N–H and O–H groups in total. The second-order valence-electron chi connectivity index (χ2n) is 7.96. The normalized spacial score (nSPS) is 15.7. The highest BCUT2D eigenvalue weighted by Crippen LogP contribution is 2.39. The molecule has 12 heteroatoms. The zero-order chi connectivity index (χ0) is 26.7. The van der Waals surface area contributed by atoms with Gasteiger partial charge in [0.05, 0.1) is 16.0 Å². The quantitative estimate of drug-likeness (QED) is 0.163. The molecule has 192 valence electrons. The highest BCUT2D eigenvalue weighted by atomic mass is 32.2. The van der Waals surface area contributed by atoms with E-state index < -0.39 is 29.4 Å². The van der Waals surface area contributed by atoms with E-state index in [0.29, 0.717) is 47.8 Å². The Hall–Kier alpha value is -2.86. The van der Waals surface area contributed by atoms with Gasteiger partial charge in [-0.05, 0) is 59.9 Å². The van der Waals surface area contributed by atoms with Crippen molar-refractivity contribution in [2.75, 3.05) is 6.54 Å². The number of carboxylic acids is 1. The zero-order valence-corrected chi connectivity index (χ0v) is 20.1. The van der Waals surface area contributed by atoms with Crippen LogP contribution in [0.2, 0.25) is 0 Å². The van der Waals surface area contributed by atoms with Crippen LogP contribution in [0.25, 0.3) is 17.2 Å². The minimum absolute atomic E-state index is 0.0327. The van der Waals surface area contributed by atoms with E-state index in [9.17, 15) is 35.9 Å². The van der Waals surface area contributed by atoms with Crippen LogP contribution < -0.4 is 0 Å². The predicted molar refractivity (Wildman–Crippen MR) is 128 cm³/mol. The van der Waals surface area contributed by atoms with Crippen LogP contribution >= 0.6 is 24.0 Å². The van der Waals surface area contributed by atoms with Gasteiger partial charge in [0.15, 0.2) is 0 Å². The molecule has 0 bridgehead atoms. The van der Waals surface area contributed by atoms with Gasteiger partial charge in [-0.25, -0.2) is 0 Å². The number of carbonyl (C=O) groups excluding carboxylic acids is 1. The molecular formula is C24H19F6NO3S2. The molecule has 2 aromatic carbocycles. The van der Waals surface area contributed by atoms with Crippen molar-refractivity contribution in [3.05, 3.63) is 64.1 Å². The van der Waals surface area contributed by atoms with Crippen LogP contribution in [0.4, 0.5) is 26.3 Å². The van der Waals surface area contributed by atoms with Gasteiger partial charge < -0.3 is 5.11 Å². The highest BCUT2D eigenvalue weighted by Gasteiger charge is 2.37. The molecule has 1 saturated heterocycles. The number of aliphatic carboxylic acids is 1. The molecule has 0 radical (unpaired) electrons. The number of benzene rings is 2. The summed E-state index contributed by atoms with van der Waals surface area (Å²) in [4.78, 5) is 25.0. The minimum atomic E-state index is -4.96. The lowest BCUT2D eigenvalue weighted by atomic mass is 9.97. The van der Waals surface area contributed by atoms with Crippen molar-refractivity contribution in [1.29, 1.82) is 0 Å². The largest absolute Gasteiger partial charge is 0.481 e. The van der Waals surface area contributed by atoms with E-state index in [-0.39, 0.29) is 34.4 Å². The SMILES string of the molecule is O=C(O)CCCCCN1C(=O)/C(=C/c2cccc(-c3cc(C(F)(F)F)cc(C(F)(F)F)c3)c2)SC1=S. The number of hydrogen-bond acceptors (Lipinski definition) is 4. The van der Waals surface area contributed by atoms with Crippen molar-refractivity contribution in [3.63, 3.8) is 0 Å². The molecule has 1 heterocycles. The lowest BCUT2D eigenvalue weighted by Gasteiger charge is -2.14. The number of nitrogens with zero attached hydrogens (tertiary/aromatic N) is 1. The van der Waals surface area contributed by atoms with Gasteiger partial charge in [-0.3, -0.25) is 14.5 Å². The lowest BCUT2D eigenvalue weighted by molar-refractivity contribution is -0.143. The van der Waals surface area contributed by atoms with Gasteiger partial charge >= 0.3 is 18.3 Å². The number of thiocarbonyl (C=S) groups is 1. The number of carboxylic acid groups (broad SMARTS) is 1. The third kappa shape index (κ3) is 7.10. The van der Waals surface area contributed by atoms with Crippen LogP contribution in [0.15, 0.2) is 47.4 Å². The molecule has 2 aromatic rings. The third-order valence-electron chi connectivity index (χ3n) is 5.25. The average molecular weight is 548 g/mol. The Balaban J connectivity index is 1.83. The van der Waals surface area contributed by atoms with Crippen molar-refractivity contribution >= 4 is 46.3 Å². The Kier molecular flexibility index (Phi) is 8.50. The number of rotatable bonds is 8. The molecule has 4 nitrogen and oxygen atoms in total. The molecule has 1 aliphatic heterocycles. The van der Waals surface area contributed by atoms with Crippen LogP contribution in [-0.2, 0) is 21.9 Å². The van der Waals surface area contributed by atoms with Crippen molar-refractivity contribution in [3.8, 4) is 11.1 Å². The molecule has 1 aliphatic rings. The monoisotopic (exact) mass is 547 g/mol. The molecule has 0 aliphatic carbocycles. The first-order chi connectivity index (χ1) is 16.8. The zero-order valence-electron chi connectivity index (χ0n) is 18.4. The van der Waals surface area contributed by atoms with Crippen LogP contribution in [0.1, 0.15) is 42.4 Å². The molecule has 0 atom stereocenters. The molecule has 0 aromatic heterocycles. The fraction of sp³-hybridized carbons (Fsp3) is 0.292. The summed E-state index contributed by atoms with van der Waals surface area (Å²) >= 11 is 6.29. The summed E-state index contributed by atoms with van der Waals surface area (Å²) in [5.74, 6) is -1.27. The third-order valence-corrected chi connectivity index (χ3v) is 6.63. The molecule has 0 unspecified atom stereocenters. The highest BCUT2D eigenvalue weighted by molar-refractivity contribution is 8.26. The molecule has 3 rings (SSSR count). The topological polar surface area (TPSA) is 57.6 Å². The summed E-state index contributed by atoms with van der Waals surface area (Å²) in [6.07, 6.45) is -6.79. The molecule has 0 spiro atoms. The molecular weight excluding hydrogens is 528 g/mol. The van der Waals surface area contributed by atoms with Crippen molar-refractivity contribution in [2.24, 2.45) is 0 Å². The summed E-state index contributed by atoms with van der Waals surface area (Å²) in [7, 11) is 0. The fourth-order valence-electron chi connectivity index (χ4n) is 3.50. The Labute approximate surface area is 212 Å². The second-order valence-corrected chi connectivity index (χ2v) is 9.63. The molecule has 0 saturated carbocycles. The predicted octanol–water partition coefficient (Wildman–Crippen LogP) is 7.24. The summed E-state index contributed by atoms with van der Waals surface area (Å²) in [6.45, 7) is 0.312. The van der Waals surface area contributed by atoms with E-state index in [0.717, 1.165) is 11.8 Å². The smallest absolute Gasteiger partial charge is 0.416 e. The maximum atomic E-state index is 13.2. The number of halogens is 6. The van der Waals surface area contributed by atoms with Crippen molar-refractivity contribution in [2.45, 2.75) is 38.0 Å². The summed E-state index contributed by atoms with van der Waals surface area (Å²) in [6, 6.07) is 7.19. The van der Waals surface area contributed by atoms with Gasteiger partial charge in [0, 0.05) is 13.0 Å². The van der Waals surface area contributed by atoms with Crippen LogP contribution in [-0.4, -0.2) is 32.7 Å². The van der Waals surface area contributed by atoms with Crippen molar-refractivity contribution < 1.29 is 41.0 Å². The Morgan fingerprint density at radius 3 is 2.17 bits per heavy atom. The maximum Gasteiger partial charge on any atom is 0.416 e. The first kappa shape index (κ1) is 27.7. The Morgan fingerprint density at radius 2 is 1.58 bits per heavy atom. The summed E-state index contributed by atoms with van der Waals surface area (Å²) < 4.78 is 79.7. The van der Waals surface area contributed by atoms with Crippen LogP contribution in [0.3, 0.4) is 0 Å². The Bertz CT molecular complexity index is 1170. The molecule has 1 fully saturated rings. The van der Waals surface area contributed by atoms with Crippen LogP contribution in [0.5, 0.6) is 0 Å². The second kappa shape index (κ2) is 11.0. The van der Waals surface area contributed by atoms with Gasteiger partial charge in [0.25, 0.3) is 5.91 Å². The van der Waals surface area contributed by atoms with Crippen molar-refractivity contribution in [1.82, 2.24) is 4.90 Å². The van der Waals surface area contributed by atoms with E-state index in [1.807, 2.05) is 0 Å².